The van der Waals surface area contributed by atoms with Crippen LogP contribution in [0.2, 0.25) is 0 Å². The number of hydrogen-bond donors (Lipinski definition) is 1. The Balaban J connectivity index is 1.59. The fourth-order valence-electron chi connectivity index (χ4n) is 4.21. The average molecular weight is 338 g/mol. The summed E-state index contributed by atoms with van der Waals surface area (Å²) in [6.07, 6.45) is 7.42. The molecule has 0 aliphatic carbocycles. The smallest absolute Gasteiger partial charge is 0.112 e. The molecule has 2 fully saturated rings. The van der Waals surface area contributed by atoms with Gasteiger partial charge in [-0.2, -0.15) is 0 Å². The fourth-order valence-corrected chi connectivity index (χ4v) is 4.21. The molecule has 2 aliphatic rings. The Bertz CT molecular complexity index is 694. The second kappa shape index (κ2) is 7.71. The van der Waals surface area contributed by atoms with Crippen LogP contribution in [-0.4, -0.2) is 47.2 Å². The Kier molecular flexibility index (Phi) is 5.18. The molecule has 2 saturated heterocycles. The van der Waals surface area contributed by atoms with Crippen LogP contribution in [0.3, 0.4) is 0 Å². The molecule has 4 heteroatoms. The van der Waals surface area contributed by atoms with E-state index in [9.17, 15) is 0 Å². The highest BCUT2D eigenvalue weighted by atomic mass is 15.2. The first kappa shape index (κ1) is 16.8. The SMILES string of the molecule is Cc1cccc(-c2cn(CCN3CCCC3)c(C3CCNCC3)n2)c1. The number of aryl methyl sites for hydroxylation is 1. The van der Waals surface area contributed by atoms with Crippen molar-refractivity contribution in [1.29, 1.82) is 0 Å². The largest absolute Gasteiger partial charge is 0.333 e. The molecule has 0 bridgehead atoms. The molecule has 0 spiro atoms. The van der Waals surface area contributed by atoms with Crippen molar-refractivity contribution in [2.45, 2.75) is 45.1 Å². The number of nitrogens with one attached hydrogen (secondary N) is 1. The predicted molar refractivity (Wildman–Crippen MR) is 103 cm³/mol. The van der Waals surface area contributed by atoms with E-state index in [1.165, 1.54) is 55.7 Å². The third-order valence-electron chi connectivity index (χ3n) is 5.68. The number of nitrogens with zero attached hydrogens (tertiary/aromatic N) is 3. The molecule has 0 saturated carbocycles. The van der Waals surface area contributed by atoms with Gasteiger partial charge in [0.2, 0.25) is 0 Å². The van der Waals surface area contributed by atoms with Crippen LogP contribution >= 0.6 is 0 Å². The minimum atomic E-state index is 0.596. The topological polar surface area (TPSA) is 33.1 Å². The minimum absolute atomic E-state index is 0.596. The van der Waals surface area contributed by atoms with Crippen LogP contribution in [-0.2, 0) is 6.54 Å². The lowest BCUT2D eigenvalue weighted by molar-refractivity contribution is 0.316. The lowest BCUT2D eigenvalue weighted by atomic mass is 9.97. The monoisotopic (exact) mass is 338 g/mol. The summed E-state index contributed by atoms with van der Waals surface area (Å²) in [5.74, 6) is 1.90. The second-order valence-electron chi connectivity index (χ2n) is 7.62. The molecule has 4 rings (SSSR count). The lowest BCUT2D eigenvalue weighted by Gasteiger charge is -2.24. The average Bonchev–Trinajstić information content (AvgIpc) is 3.30. The molecule has 0 radical (unpaired) electrons. The Morgan fingerprint density at radius 2 is 1.92 bits per heavy atom. The maximum absolute atomic E-state index is 5.11. The molecule has 2 aromatic rings. The van der Waals surface area contributed by atoms with E-state index in [1.807, 2.05) is 0 Å². The molecule has 1 aromatic carbocycles. The number of piperidine rings is 1. The van der Waals surface area contributed by atoms with Gasteiger partial charge in [-0.1, -0.05) is 23.8 Å². The van der Waals surface area contributed by atoms with Crippen LogP contribution in [0.15, 0.2) is 30.5 Å². The Hall–Kier alpha value is -1.65. The molecule has 1 aromatic heterocycles. The van der Waals surface area contributed by atoms with Crippen LogP contribution in [0, 0.1) is 6.92 Å². The molecular weight excluding hydrogens is 308 g/mol. The van der Waals surface area contributed by atoms with Crippen molar-refractivity contribution < 1.29 is 0 Å². The lowest BCUT2D eigenvalue weighted by Crippen LogP contribution is -2.29. The number of rotatable bonds is 5. The van der Waals surface area contributed by atoms with E-state index in [4.69, 9.17) is 4.98 Å². The number of hydrogen-bond acceptors (Lipinski definition) is 3. The predicted octanol–water partition coefficient (Wildman–Crippen LogP) is 3.42. The van der Waals surface area contributed by atoms with E-state index in [2.05, 4.69) is 52.2 Å². The van der Waals surface area contributed by atoms with Crippen LogP contribution < -0.4 is 5.32 Å². The molecule has 0 unspecified atom stereocenters. The molecule has 0 amide bonds. The summed E-state index contributed by atoms with van der Waals surface area (Å²) >= 11 is 0. The summed E-state index contributed by atoms with van der Waals surface area (Å²) in [5.41, 5.74) is 3.68. The standard InChI is InChI=1S/C21H30N4/c1-17-5-4-6-19(15-17)20-16-25(14-13-24-11-2-3-12-24)21(23-20)18-7-9-22-10-8-18/h4-6,15-16,18,22H,2-3,7-14H2,1H3. The summed E-state index contributed by atoms with van der Waals surface area (Å²) in [7, 11) is 0. The maximum atomic E-state index is 5.11. The quantitative estimate of drug-likeness (QED) is 0.907. The molecule has 2 aliphatic heterocycles. The first-order valence-corrected chi connectivity index (χ1v) is 9.87. The summed E-state index contributed by atoms with van der Waals surface area (Å²) in [4.78, 5) is 7.70. The van der Waals surface area contributed by atoms with Crippen molar-refractivity contribution in [2.75, 3.05) is 32.7 Å². The Morgan fingerprint density at radius 1 is 1.12 bits per heavy atom. The highest BCUT2D eigenvalue weighted by Gasteiger charge is 2.22. The van der Waals surface area contributed by atoms with Crippen molar-refractivity contribution >= 4 is 0 Å². The van der Waals surface area contributed by atoms with Crippen molar-refractivity contribution in [1.82, 2.24) is 19.8 Å². The maximum Gasteiger partial charge on any atom is 0.112 e. The van der Waals surface area contributed by atoms with Gasteiger partial charge >= 0.3 is 0 Å². The van der Waals surface area contributed by atoms with Gasteiger partial charge in [0.25, 0.3) is 0 Å². The number of benzene rings is 1. The van der Waals surface area contributed by atoms with Gasteiger partial charge in [-0.15, -0.1) is 0 Å². The molecule has 3 heterocycles. The summed E-state index contributed by atoms with van der Waals surface area (Å²) in [6, 6.07) is 8.73. The molecule has 4 nitrogen and oxygen atoms in total. The van der Waals surface area contributed by atoms with Crippen molar-refractivity contribution in [3.8, 4) is 11.3 Å². The van der Waals surface area contributed by atoms with Crippen molar-refractivity contribution in [3.05, 3.63) is 41.9 Å². The van der Waals surface area contributed by atoms with Crippen molar-refractivity contribution in [2.24, 2.45) is 0 Å². The Morgan fingerprint density at radius 3 is 2.68 bits per heavy atom. The van der Waals surface area contributed by atoms with E-state index < -0.39 is 0 Å². The number of aromatic nitrogens is 2. The van der Waals surface area contributed by atoms with Crippen LogP contribution in [0.5, 0.6) is 0 Å². The van der Waals surface area contributed by atoms with E-state index in [1.54, 1.807) is 0 Å². The van der Waals surface area contributed by atoms with Crippen LogP contribution in [0.4, 0.5) is 0 Å². The van der Waals surface area contributed by atoms with E-state index in [0.29, 0.717) is 5.92 Å². The van der Waals surface area contributed by atoms with Gasteiger partial charge in [0.05, 0.1) is 5.69 Å². The second-order valence-corrected chi connectivity index (χ2v) is 7.62. The first-order valence-electron chi connectivity index (χ1n) is 9.87. The fraction of sp³-hybridized carbons (Fsp3) is 0.571. The van der Waals surface area contributed by atoms with E-state index in [0.717, 1.165) is 31.9 Å². The summed E-state index contributed by atoms with van der Waals surface area (Å²) in [5, 5.41) is 3.48. The number of likely N-dealkylation sites (tertiary alicyclic amines) is 1. The number of imidazole rings is 1. The zero-order valence-electron chi connectivity index (χ0n) is 15.4. The van der Waals surface area contributed by atoms with Crippen LogP contribution in [0.25, 0.3) is 11.3 Å². The highest BCUT2D eigenvalue weighted by Crippen LogP contribution is 2.28. The molecule has 134 valence electrons. The van der Waals surface area contributed by atoms with Gasteiger partial charge < -0.3 is 14.8 Å². The molecule has 0 atom stereocenters. The molecule has 25 heavy (non-hydrogen) atoms. The molecular formula is C21H30N4. The summed E-state index contributed by atoms with van der Waals surface area (Å²) in [6.45, 7) is 9.14. The summed E-state index contributed by atoms with van der Waals surface area (Å²) < 4.78 is 2.45. The van der Waals surface area contributed by atoms with Gasteiger partial charge in [0, 0.05) is 30.8 Å². The van der Waals surface area contributed by atoms with Gasteiger partial charge in [-0.05, 0) is 64.9 Å². The van der Waals surface area contributed by atoms with Crippen LogP contribution in [0.1, 0.15) is 43.0 Å². The van der Waals surface area contributed by atoms with E-state index in [-0.39, 0.29) is 0 Å². The van der Waals surface area contributed by atoms with Gasteiger partial charge in [0.1, 0.15) is 5.82 Å². The third kappa shape index (κ3) is 3.96. The normalized spacial score (nSPS) is 19.6. The highest BCUT2D eigenvalue weighted by molar-refractivity contribution is 5.59. The van der Waals surface area contributed by atoms with Gasteiger partial charge in [0.15, 0.2) is 0 Å². The zero-order chi connectivity index (χ0) is 17.1. The Labute approximate surface area is 151 Å². The van der Waals surface area contributed by atoms with E-state index >= 15 is 0 Å². The third-order valence-corrected chi connectivity index (χ3v) is 5.68. The minimum Gasteiger partial charge on any atom is -0.333 e. The first-order chi connectivity index (χ1) is 12.3. The van der Waals surface area contributed by atoms with Gasteiger partial charge in [-0.3, -0.25) is 0 Å². The molecule has 1 N–H and O–H groups in total. The zero-order valence-corrected chi connectivity index (χ0v) is 15.4. The van der Waals surface area contributed by atoms with Crippen molar-refractivity contribution in [3.63, 3.8) is 0 Å². The van der Waals surface area contributed by atoms with Gasteiger partial charge in [-0.25, -0.2) is 4.98 Å².